The molecule has 1 atom stereocenters. The second kappa shape index (κ2) is 7.45. The third-order valence-electron chi connectivity index (χ3n) is 4.79. The highest BCUT2D eigenvalue weighted by molar-refractivity contribution is 9.10. The van der Waals surface area contributed by atoms with Gasteiger partial charge in [-0.1, -0.05) is 101 Å². The molecule has 0 saturated carbocycles. The Kier molecular flexibility index (Phi) is 4.87. The van der Waals surface area contributed by atoms with Gasteiger partial charge < -0.3 is 0 Å². The minimum atomic E-state index is -0.560. The van der Waals surface area contributed by atoms with Crippen LogP contribution in [0.1, 0.15) is 27.1 Å². The van der Waals surface area contributed by atoms with E-state index in [1.807, 2.05) is 84.9 Å². The lowest BCUT2D eigenvalue weighted by Crippen LogP contribution is -2.19. The molecule has 0 spiro atoms. The number of benzene rings is 4. The average Bonchev–Trinajstić information content (AvgIpc) is 2.72. The number of rotatable bonds is 5. The van der Waals surface area contributed by atoms with Crippen molar-refractivity contribution in [3.63, 3.8) is 0 Å². The van der Waals surface area contributed by atoms with E-state index in [4.69, 9.17) is 0 Å². The topological polar surface area (TPSA) is 34.1 Å². The van der Waals surface area contributed by atoms with Crippen LogP contribution in [-0.2, 0) is 0 Å². The number of hydrogen-bond acceptors (Lipinski definition) is 2. The molecule has 1 unspecified atom stereocenters. The molecule has 0 aliphatic heterocycles. The molecule has 27 heavy (non-hydrogen) atoms. The Morgan fingerprint density at radius 1 is 0.667 bits per heavy atom. The Morgan fingerprint density at radius 2 is 1.15 bits per heavy atom. The minimum Gasteiger partial charge on any atom is -0.294 e. The molecule has 0 aliphatic rings. The third kappa shape index (κ3) is 3.43. The van der Waals surface area contributed by atoms with Crippen molar-refractivity contribution in [1.29, 1.82) is 0 Å². The minimum absolute atomic E-state index is 0.0396. The summed E-state index contributed by atoms with van der Waals surface area (Å²) in [6.45, 7) is 0. The molecule has 4 aromatic rings. The van der Waals surface area contributed by atoms with E-state index < -0.39 is 4.83 Å². The Bertz CT molecular complexity index is 1150. The Balaban J connectivity index is 1.62. The monoisotopic (exact) mass is 416 g/mol. The van der Waals surface area contributed by atoms with Crippen molar-refractivity contribution in [1.82, 2.24) is 0 Å². The van der Waals surface area contributed by atoms with Gasteiger partial charge in [0.15, 0.2) is 11.6 Å². The van der Waals surface area contributed by atoms with Crippen molar-refractivity contribution >= 4 is 49.0 Å². The molecular formula is C24H17BrO2. The van der Waals surface area contributed by atoms with Crippen LogP contribution in [0.4, 0.5) is 0 Å². The zero-order valence-electron chi connectivity index (χ0n) is 14.6. The summed E-state index contributed by atoms with van der Waals surface area (Å²) in [4.78, 5) is 25.3. The van der Waals surface area contributed by atoms with Gasteiger partial charge in [0.25, 0.3) is 0 Å². The number of halogens is 1. The second-order valence-corrected chi connectivity index (χ2v) is 7.62. The molecule has 4 aromatic carbocycles. The summed E-state index contributed by atoms with van der Waals surface area (Å²) in [5, 5.41) is 3.87. The SMILES string of the molecule is O=C(CC(Br)C(=O)c1cccc2ccccc12)c1cccc2ccccc12. The van der Waals surface area contributed by atoms with Crippen molar-refractivity contribution in [3.05, 3.63) is 96.1 Å². The lowest BCUT2D eigenvalue weighted by Gasteiger charge is -2.12. The van der Waals surface area contributed by atoms with Crippen LogP contribution >= 0.6 is 15.9 Å². The van der Waals surface area contributed by atoms with Crippen LogP contribution in [0.3, 0.4) is 0 Å². The molecule has 3 heteroatoms. The number of hydrogen-bond donors (Lipinski definition) is 0. The van der Waals surface area contributed by atoms with Crippen LogP contribution < -0.4 is 0 Å². The molecule has 0 aromatic heterocycles. The highest BCUT2D eigenvalue weighted by Crippen LogP contribution is 2.25. The normalized spacial score (nSPS) is 12.2. The Hall–Kier alpha value is -2.78. The van der Waals surface area contributed by atoms with Gasteiger partial charge in [-0.2, -0.15) is 0 Å². The van der Waals surface area contributed by atoms with Crippen molar-refractivity contribution in [2.75, 3.05) is 0 Å². The molecule has 2 nitrogen and oxygen atoms in total. The summed E-state index contributed by atoms with van der Waals surface area (Å²) >= 11 is 3.46. The predicted octanol–water partition coefficient (Wildman–Crippen LogP) is 6.21. The van der Waals surface area contributed by atoms with Gasteiger partial charge in [0.05, 0.1) is 4.83 Å². The smallest absolute Gasteiger partial charge is 0.177 e. The number of alkyl halides is 1. The quantitative estimate of drug-likeness (QED) is 0.286. The molecule has 0 radical (unpaired) electrons. The second-order valence-electron chi connectivity index (χ2n) is 6.51. The molecule has 0 aliphatic carbocycles. The molecule has 0 saturated heterocycles. The van der Waals surface area contributed by atoms with Crippen LogP contribution in [0.25, 0.3) is 21.5 Å². The zero-order chi connectivity index (χ0) is 18.8. The van der Waals surface area contributed by atoms with Gasteiger partial charge in [0.2, 0.25) is 0 Å². The summed E-state index contributed by atoms with van der Waals surface area (Å²) in [7, 11) is 0. The van der Waals surface area contributed by atoms with Crippen molar-refractivity contribution in [2.24, 2.45) is 0 Å². The van der Waals surface area contributed by atoms with E-state index in [2.05, 4.69) is 15.9 Å². The highest BCUT2D eigenvalue weighted by Gasteiger charge is 2.23. The average molecular weight is 417 g/mol. The first-order valence-corrected chi connectivity index (χ1v) is 9.74. The van der Waals surface area contributed by atoms with Crippen LogP contribution in [0, 0.1) is 0 Å². The van der Waals surface area contributed by atoms with Gasteiger partial charge in [0, 0.05) is 17.5 Å². The van der Waals surface area contributed by atoms with Crippen LogP contribution in [-0.4, -0.2) is 16.4 Å². The maximum absolute atomic E-state index is 13.0. The van der Waals surface area contributed by atoms with Gasteiger partial charge in [-0.3, -0.25) is 9.59 Å². The van der Waals surface area contributed by atoms with Gasteiger partial charge in [0.1, 0.15) is 0 Å². The number of Topliss-reactive ketones (excluding diaryl/α,β-unsaturated/α-hetero) is 2. The molecule has 0 bridgehead atoms. The van der Waals surface area contributed by atoms with Crippen LogP contribution in [0.2, 0.25) is 0 Å². The molecule has 132 valence electrons. The summed E-state index contributed by atoms with van der Waals surface area (Å²) in [5.74, 6) is -0.109. The summed E-state index contributed by atoms with van der Waals surface area (Å²) in [6, 6.07) is 27.0. The summed E-state index contributed by atoms with van der Waals surface area (Å²) in [6.07, 6.45) is 0.121. The maximum Gasteiger partial charge on any atom is 0.177 e. The number of carbonyl (C=O) groups excluding carboxylic acids is 2. The zero-order valence-corrected chi connectivity index (χ0v) is 16.1. The van der Waals surface area contributed by atoms with E-state index in [1.165, 1.54) is 0 Å². The first-order chi connectivity index (χ1) is 13.1. The standard InChI is InChI=1S/C24H17BrO2/c25-22(24(27)21-14-6-10-17-8-2-4-12-19(17)21)15-23(26)20-13-5-9-16-7-1-3-11-18(16)20/h1-14,22H,15H2. The fraction of sp³-hybridized carbons (Fsp3) is 0.0833. The van der Waals surface area contributed by atoms with Gasteiger partial charge >= 0.3 is 0 Å². The van der Waals surface area contributed by atoms with Crippen LogP contribution in [0.15, 0.2) is 84.9 Å². The Morgan fingerprint density at radius 3 is 1.78 bits per heavy atom. The first-order valence-electron chi connectivity index (χ1n) is 8.82. The molecule has 0 fully saturated rings. The maximum atomic E-state index is 13.0. The first kappa shape index (κ1) is 17.6. The fourth-order valence-corrected chi connectivity index (χ4v) is 3.98. The molecule has 0 N–H and O–H groups in total. The van der Waals surface area contributed by atoms with E-state index in [-0.39, 0.29) is 18.0 Å². The Labute approximate surface area is 166 Å². The largest absolute Gasteiger partial charge is 0.294 e. The lowest BCUT2D eigenvalue weighted by atomic mass is 9.95. The van der Waals surface area contributed by atoms with E-state index in [0.29, 0.717) is 11.1 Å². The van der Waals surface area contributed by atoms with Gasteiger partial charge in [-0.25, -0.2) is 0 Å². The summed E-state index contributed by atoms with van der Waals surface area (Å²) in [5.41, 5.74) is 1.30. The summed E-state index contributed by atoms with van der Waals surface area (Å²) < 4.78 is 0. The van der Waals surface area contributed by atoms with Crippen molar-refractivity contribution < 1.29 is 9.59 Å². The fourth-order valence-electron chi connectivity index (χ4n) is 3.44. The third-order valence-corrected chi connectivity index (χ3v) is 5.53. The van der Waals surface area contributed by atoms with Crippen molar-refractivity contribution in [3.8, 4) is 0 Å². The highest BCUT2D eigenvalue weighted by atomic mass is 79.9. The van der Waals surface area contributed by atoms with E-state index in [9.17, 15) is 9.59 Å². The van der Waals surface area contributed by atoms with E-state index in [0.717, 1.165) is 21.5 Å². The molecular weight excluding hydrogens is 400 g/mol. The predicted molar refractivity (Wildman–Crippen MR) is 114 cm³/mol. The van der Waals surface area contributed by atoms with Gasteiger partial charge in [-0.15, -0.1) is 0 Å². The van der Waals surface area contributed by atoms with E-state index in [1.54, 1.807) is 0 Å². The number of fused-ring (bicyclic) bond motifs is 2. The number of carbonyl (C=O) groups is 2. The van der Waals surface area contributed by atoms with Gasteiger partial charge in [-0.05, 0) is 21.5 Å². The molecule has 4 rings (SSSR count). The lowest BCUT2D eigenvalue weighted by molar-refractivity contribution is 0.0927. The van der Waals surface area contributed by atoms with Crippen LogP contribution in [0.5, 0.6) is 0 Å². The van der Waals surface area contributed by atoms with E-state index >= 15 is 0 Å². The molecule has 0 heterocycles. The number of ketones is 2. The molecule has 0 amide bonds. The van der Waals surface area contributed by atoms with Crippen molar-refractivity contribution in [2.45, 2.75) is 11.2 Å².